The third-order valence-electron chi connectivity index (χ3n) is 4.94. The number of halogens is 1. The van der Waals surface area contributed by atoms with Gasteiger partial charge in [0.1, 0.15) is 0 Å². The molecule has 1 aliphatic rings. The van der Waals surface area contributed by atoms with Gasteiger partial charge in [0.15, 0.2) is 0 Å². The summed E-state index contributed by atoms with van der Waals surface area (Å²) in [6.07, 6.45) is 2.44. The maximum absolute atomic E-state index is 12.6. The molecule has 2 aromatic rings. The Morgan fingerprint density at radius 3 is 2.23 bits per heavy atom. The quantitative estimate of drug-likeness (QED) is 0.704. The van der Waals surface area contributed by atoms with Crippen LogP contribution in [0.1, 0.15) is 18.4 Å². The van der Waals surface area contributed by atoms with Gasteiger partial charge in [0.25, 0.3) is 0 Å². The van der Waals surface area contributed by atoms with Crippen molar-refractivity contribution in [3.63, 3.8) is 0 Å². The summed E-state index contributed by atoms with van der Waals surface area (Å²) in [7, 11) is -2.46. The molecular formula is C21H24ClN3O4S. The SMILES string of the molecule is CN(CC(=O)Nc1ccc(CC(=O)N2CCCC2)cc1)S(=O)(=O)c1ccc(Cl)cc1. The van der Waals surface area contributed by atoms with E-state index in [0.29, 0.717) is 17.1 Å². The van der Waals surface area contributed by atoms with Gasteiger partial charge < -0.3 is 10.2 Å². The number of likely N-dealkylation sites (tertiary alicyclic amines) is 1. The lowest BCUT2D eigenvalue weighted by atomic mass is 10.1. The second kappa shape index (κ2) is 9.59. The molecule has 0 spiro atoms. The number of carbonyl (C=O) groups excluding carboxylic acids is 2. The third kappa shape index (κ3) is 5.59. The Hall–Kier alpha value is -2.42. The lowest BCUT2D eigenvalue weighted by Crippen LogP contribution is -2.34. The van der Waals surface area contributed by atoms with Gasteiger partial charge >= 0.3 is 0 Å². The van der Waals surface area contributed by atoms with E-state index >= 15 is 0 Å². The number of carbonyl (C=O) groups is 2. The first kappa shape index (κ1) is 22.3. The monoisotopic (exact) mass is 449 g/mol. The smallest absolute Gasteiger partial charge is 0.243 e. The van der Waals surface area contributed by atoms with Gasteiger partial charge in [-0.2, -0.15) is 4.31 Å². The predicted octanol–water partition coefficient (Wildman–Crippen LogP) is 2.76. The van der Waals surface area contributed by atoms with Crippen LogP contribution in [0, 0.1) is 0 Å². The minimum Gasteiger partial charge on any atom is -0.342 e. The van der Waals surface area contributed by atoms with Crippen molar-refractivity contribution >= 4 is 39.1 Å². The fraction of sp³-hybridized carbons (Fsp3) is 0.333. The van der Waals surface area contributed by atoms with Gasteiger partial charge in [0, 0.05) is 30.8 Å². The van der Waals surface area contributed by atoms with E-state index in [1.54, 1.807) is 24.3 Å². The molecule has 1 saturated heterocycles. The Kier molecular flexibility index (Phi) is 7.12. The van der Waals surface area contributed by atoms with Crippen molar-refractivity contribution in [1.82, 2.24) is 9.21 Å². The fourth-order valence-electron chi connectivity index (χ4n) is 3.23. The van der Waals surface area contributed by atoms with Crippen LogP contribution in [0.5, 0.6) is 0 Å². The molecule has 0 unspecified atom stereocenters. The van der Waals surface area contributed by atoms with Crippen molar-refractivity contribution in [2.45, 2.75) is 24.2 Å². The molecule has 0 radical (unpaired) electrons. The fourth-order valence-corrected chi connectivity index (χ4v) is 4.49. The van der Waals surface area contributed by atoms with Crippen LogP contribution in [0.4, 0.5) is 5.69 Å². The Morgan fingerprint density at radius 1 is 1.03 bits per heavy atom. The van der Waals surface area contributed by atoms with Crippen molar-refractivity contribution in [2.24, 2.45) is 0 Å². The summed E-state index contributed by atoms with van der Waals surface area (Å²) >= 11 is 5.79. The topological polar surface area (TPSA) is 86.8 Å². The summed E-state index contributed by atoms with van der Waals surface area (Å²) in [6, 6.07) is 12.8. The Labute approximate surface area is 181 Å². The molecule has 0 atom stereocenters. The van der Waals surface area contributed by atoms with Crippen LogP contribution in [0.2, 0.25) is 5.02 Å². The molecule has 2 aromatic carbocycles. The van der Waals surface area contributed by atoms with Crippen LogP contribution in [0.25, 0.3) is 0 Å². The van der Waals surface area contributed by atoms with E-state index in [4.69, 9.17) is 11.6 Å². The average Bonchev–Trinajstić information content (AvgIpc) is 3.25. The molecule has 30 heavy (non-hydrogen) atoms. The Balaban J connectivity index is 1.55. The minimum atomic E-state index is -3.80. The first-order chi connectivity index (χ1) is 14.3. The van der Waals surface area contributed by atoms with Gasteiger partial charge in [0.05, 0.1) is 17.9 Å². The van der Waals surface area contributed by atoms with Gasteiger partial charge in [-0.25, -0.2) is 8.42 Å². The second-order valence-electron chi connectivity index (χ2n) is 7.22. The van der Waals surface area contributed by atoms with E-state index in [2.05, 4.69) is 5.32 Å². The Morgan fingerprint density at radius 2 is 1.63 bits per heavy atom. The summed E-state index contributed by atoms with van der Waals surface area (Å²) in [6.45, 7) is 1.30. The van der Waals surface area contributed by atoms with Gasteiger partial charge in [-0.15, -0.1) is 0 Å². The van der Waals surface area contributed by atoms with Crippen LogP contribution >= 0.6 is 11.6 Å². The molecule has 3 rings (SSSR count). The summed E-state index contributed by atoms with van der Waals surface area (Å²) in [5.74, 6) is -0.353. The highest BCUT2D eigenvalue weighted by molar-refractivity contribution is 7.89. The standard InChI is InChI=1S/C21H24ClN3O4S/c1-24(30(28,29)19-10-6-17(22)7-11-19)15-20(26)23-18-8-4-16(5-9-18)14-21(27)25-12-2-3-13-25/h4-11H,2-3,12-15H2,1H3,(H,23,26). The number of benzene rings is 2. The maximum atomic E-state index is 12.6. The number of hydrogen-bond acceptors (Lipinski definition) is 4. The number of sulfonamides is 1. The summed E-state index contributed by atoms with van der Waals surface area (Å²) in [5.41, 5.74) is 1.40. The van der Waals surface area contributed by atoms with Gasteiger partial charge in [0.2, 0.25) is 21.8 Å². The normalized spacial score (nSPS) is 14.2. The van der Waals surface area contributed by atoms with Crippen molar-refractivity contribution in [3.05, 3.63) is 59.1 Å². The number of nitrogens with zero attached hydrogens (tertiary/aromatic N) is 2. The lowest BCUT2D eigenvalue weighted by molar-refractivity contribution is -0.129. The highest BCUT2D eigenvalue weighted by Gasteiger charge is 2.23. The molecule has 2 amide bonds. The average molecular weight is 450 g/mol. The summed E-state index contributed by atoms with van der Waals surface area (Å²) in [4.78, 5) is 26.4. The molecule has 1 N–H and O–H groups in total. The van der Waals surface area contributed by atoms with Crippen molar-refractivity contribution in [2.75, 3.05) is 32.0 Å². The van der Waals surface area contributed by atoms with E-state index in [9.17, 15) is 18.0 Å². The molecular weight excluding hydrogens is 426 g/mol. The summed E-state index contributed by atoms with van der Waals surface area (Å²) < 4.78 is 26.1. The number of amides is 2. The zero-order valence-corrected chi connectivity index (χ0v) is 18.2. The van der Waals surface area contributed by atoms with Crippen LogP contribution < -0.4 is 5.32 Å². The third-order valence-corrected chi connectivity index (χ3v) is 7.01. The molecule has 0 aliphatic carbocycles. The molecule has 1 heterocycles. The summed E-state index contributed by atoms with van der Waals surface area (Å²) in [5, 5.41) is 3.11. The first-order valence-corrected chi connectivity index (χ1v) is 11.5. The second-order valence-corrected chi connectivity index (χ2v) is 9.71. The zero-order valence-electron chi connectivity index (χ0n) is 16.7. The number of likely N-dealkylation sites (N-methyl/N-ethyl adjacent to an activating group) is 1. The molecule has 1 fully saturated rings. The van der Waals surface area contributed by atoms with Crippen LogP contribution in [0.3, 0.4) is 0 Å². The molecule has 0 aromatic heterocycles. The number of anilines is 1. The highest BCUT2D eigenvalue weighted by atomic mass is 35.5. The first-order valence-electron chi connectivity index (χ1n) is 9.64. The number of hydrogen-bond donors (Lipinski definition) is 1. The molecule has 160 valence electrons. The van der Waals surface area contributed by atoms with E-state index in [-0.39, 0.29) is 17.3 Å². The molecule has 7 nitrogen and oxygen atoms in total. The van der Waals surface area contributed by atoms with Crippen molar-refractivity contribution in [1.29, 1.82) is 0 Å². The van der Waals surface area contributed by atoms with Gasteiger partial charge in [-0.1, -0.05) is 23.7 Å². The van der Waals surface area contributed by atoms with E-state index in [1.807, 2.05) is 4.90 Å². The molecule has 9 heteroatoms. The van der Waals surface area contributed by atoms with E-state index in [1.165, 1.54) is 31.3 Å². The minimum absolute atomic E-state index is 0.0641. The predicted molar refractivity (Wildman–Crippen MR) is 116 cm³/mol. The van der Waals surface area contributed by atoms with E-state index < -0.39 is 15.9 Å². The molecule has 0 bridgehead atoms. The van der Waals surface area contributed by atoms with Crippen molar-refractivity contribution in [3.8, 4) is 0 Å². The zero-order chi connectivity index (χ0) is 21.7. The van der Waals surface area contributed by atoms with Crippen LogP contribution in [-0.2, 0) is 26.0 Å². The van der Waals surface area contributed by atoms with Crippen LogP contribution in [-0.4, -0.2) is 56.1 Å². The van der Waals surface area contributed by atoms with Crippen LogP contribution in [0.15, 0.2) is 53.4 Å². The van der Waals surface area contributed by atoms with Gasteiger partial charge in [-0.3, -0.25) is 9.59 Å². The highest BCUT2D eigenvalue weighted by Crippen LogP contribution is 2.18. The lowest BCUT2D eigenvalue weighted by Gasteiger charge is -2.17. The van der Waals surface area contributed by atoms with Crippen molar-refractivity contribution < 1.29 is 18.0 Å². The largest absolute Gasteiger partial charge is 0.342 e. The Bertz CT molecular complexity index is 1000. The number of nitrogens with one attached hydrogen (secondary N) is 1. The van der Waals surface area contributed by atoms with Gasteiger partial charge in [-0.05, 0) is 54.8 Å². The number of rotatable bonds is 7. The maximum Gasteiger partial charge on any atom is 0.243 e. The van der Waals surface area contributed by atoms with E-state index in [0.717, 1.165) is 35.8 Å². The molecule has 1 aliphatic heterocycles. The molecule has 0 saturated carbocycles.